The zero-order valence-corrected chi connectivity index (χ0v) is 8.21. The lowest BCUT2D eigenvalue weighted by Gasteiger charge is -2.15. The molecule has 72 valence electrons. The zero-order chi connectivity index (χ0) is 8.97. The van der Waals surface area contributed by atoms with E-state index in [1.807, 2.05) is 0 Å². The maximum absolute atomic E-state index is 9.51. The van der Waals surface area contributed by atoms with Crippen LogP contribution >= 0.6 is 0 Å². The van der Waals surface area contributed by atoms with Crippen LogP contribution in [0.5, 0.6) is 0 Å². The molecule has 0 bridgehead atoms. The molecule has 1 aliphatic rings. The Morgan fingerprint density at radius 3 is 2.67 bits per heavy atom. The first kappa shape index (κ1) is 10.0. The van der Waals surface area contributed by atoms with Gasteiger partial charge in [0, 0.05) is 6.54 Å². The summed E-state index contributed by atoms with van der Waals surface area (Å²) in [4.78, 5) is 0. The van der Waals surface area contributed by atoms with Crippen LogP contribution in [0.4, 0.5) is 0 Å². The molecule has 0 radical (unpaired) electrons. The van der Waals surface area contributed by atoms with Crippen LogP contribution < -0.4 is 5.32 Å². The lowest BCUT2D eigenvalue weighted by Crippen LogP contribution is -2.30. The van der Waals surface area contributed by atoms with Gasteiger partial charge < -0.3 is 10.4 Å². The molecule has 0 spiro atoms. The van der Waals surface area contributed by atoms with Gasteiger partial charge in [-0.1, -0.05) is 20.3 Å². The van der Waals surface area contributed by atoms with E-state index in [0.717, 1.165) is 19.5 Å². The van der Waals surface area contributed by atoms with Crippen LogP contribution in [0.3, 0.4) is 0 Å². The number of hydrogen-bond acceptors (Lipinski definition) is 2. The van der Waals surface area contributed by atoms with Crippen LogP contribution in [-0.2, 0) is 0 Å². The van der Waals surface area contributed by atoms with Crippen molar-refractivity contribution in [2.24, 2.45) is 11.8 Å². The van der Waals surface area contributed by atoms with E-state index < -0.39 is 0 Å². The van der Waals surface area contributed by atoms with Gasteiger partial charge in [-0.3, -0.25) is 0 Å². The van der Waals surface area contributed by atoms with Crippen LogP contribution in [-0.4, -0.2) is 24.3 Å². The lowest BCUT2D eigenvalue weighted by atomic mass is 10.1. The molecule has 1 fully saturated rings. The summed E-state index contributed by atoms with van der Waals surface area (Å²) in [6.45, 7) is 6.48. The van der Waals surface area contributed by atoms with E-state index in [4.69, 9.17) is 0 Å². The van der Waals surface area contributed by atoms with Gasteiger partial charge in [0.15, 0.2) is 0 Å². The van der Waals surface area contributed by atoms with Crippen molar-refractivity contribution >= 4 is 0 Å². The Bertz CT molecular complexity index is 125. The summed E-state index contributed by atoms with van der Waals surface area (Å²) < 4.78 is 0. The van der Waals surface area contributed by atoms with Gasteiger partial charge in [-0.05, 0) is 31.2 Å². The Morgan fingerprint density at radius 2 is 2.17 bits per heavy atom. The number of aliphatic hydroxyl groups is 1. The third-order valence-corrected chi connectivity index (χ3v) is 2.58. The Morgan fingerprint density at radius 1 is 1.42 bits per heavy atom. The number of hydrogen-bond donors (Lipinski definition) is 2. The van der Waals surface area contributed by atoms with Crippen molar-refractivity contribution in [3.05, 3.63) is 0 Å². The topological polar surface area (TPSA) is 32.3 Å². The highest BCUT2D eigenvalue weighted by molar-refractivity contribution is 4.78. The molecule has 0 aliphatic heterocycles. The smallest absolute Gasteiger partial charge is 0.0580 e. The minimum atomic E-state index is -0.0373. The van der Waals surface area contributed by atoms with Gasteiger partial charge in [0.2, 0.25) is 0 Å². The van der Waals surface area contributed by atoms with Crippen molar-refractivity contribution < 1.29 is 5.11 Å². The van der Waals surface area contributed by atoms with Crippen molar-refractivity contribution in [3.8, 4) is 0 Å². The molecular weight excluding hydrogens is 150 g/mol. The van der Waals surface area contributed by atoms with Crippen molar-refractivity contribution in [1.82, 2.24) is 5.32 Å². The molecule has 12 heavy (non-hydrogen) atoms. The molecule has 0 aromatic heterocycles. The van der Waals surface area contributed by atoms with Crippen molar-refractivity contribution in [2.45, 2.75) is 39.2 Å². The maximum atomic E-state index is 9.51. The number of nitrogens with one attached hydrogen (secondary N) is 1. The standard InChI is InChI=1S/C10H21NO/c1-8(2)6-11-7-9-4-3-5-10(9)12/h8-12H,3-7H2,1-2H3/t9-,10+/m1/s1. The molecule has 2 N–H and O–H groups in total. The van der Waals surface area contributed by atoms with Gasteiger partial charge in [-0.25, -0.2) is 0 Å². The highest BCUT2D eigenvalue weighted by atomic mass is 16.3. The summed E-state index contributed by atoms with van der Waals surface area (Å²) in [7, 11) is 0. The van der Waals surface area contributed by atoms with Crippen LogP contribution in [0.25, 0.3) is 0 Å². The van der Waals surface area contributed by atoms with Crippen molar-refractivity contribution in [2.75, 3.05) is 13.1 Å². The van der Waals surface area contributed by atoms with Crippen molar-refractivity contribution in [1.29, 1.82) is 0 Å². The Kier molecular flexibility index (Phi) is 4.02. The lowest BCUT2D eigenvalue weighted by molar-refractivity contribution is 0.131. The van der Waals surface area contributed by atoms with Gasteiger partial charge in [0.1, 0.15) is 0 Å². The summed E-state index contributed by atoms with van der Waals surface area (Å²) in [5.41, 5.74) is 0. The average Bonchev–Trinajstić information content (AvgIpc) is 2.36. The quantitative estimate of drug-likeness (QED) is 0.670. The van der Waals surface area contributed by atoms with Gasteiger partial charge in [0.05, 0.1) is 6.10 Å². The second-order valence-corrected chi connectivity index (χ2v) is 4.31. The minimum absolute atomic E-state index is 0.0373. The Hall–Kier alpha value is -0.0800. The van der Waals surface area contributed by atoms with E-state index in [0.29, 0.717) is 11.8 Å². The molecule has 2 nitrogen and oxygen atoms in total. The van der Waals surface area contributed by atoms with Crippen LogP contribution in [0.1, 0.15) is 33.1 Å². The Balaban J connectivity index is 2.06. The zero-order valence-electron chi connectivity index (χ0n) is 8.21. The molecular formula is C10H21NO. The monoisotopic (exact) mass is 171 g/mol. The molecule has 2 heteroatoms. The molecule has 2 atom stereocenters. The predicted molar refractivity (Wildman–Crippen MR) is 51.1 cm³/mol. The fraction of sp³-hybridized carbons (Fsp3) is 1.00. The average molecular weight is 171 g/mol. The molecule has 1 saturated carbocycles. The third-order valence-electron chi connectivity index (χ3n) is 2.58. The van der Waals surface area contributed by atoms with Crippen LogP contribution in [0.15, 0.2) is 0 Å². The molecule has 0 saturated heterocycles. The number of rotatable bonds is 4. The summed E-state index contributed by atoms with van der Waals surface area (Å²) >= 11 is 0. The second-order valence-electron chi connectivity index (χ2n) is 4.31. The van der Waals surface area contributed by atoms with Crippen LogP contribution in [0.2, 0.25) is 0 Å². The van der Waals surface area contributed by atoms with Gasteiger partial charge in [0.25, 0.3) is 0 Å². The molecule has 1 aliphatic carbocycles. The highest BCUT2D eigenvalue weighted by Crippen LogP contribution is 2.24. The molecule has 1 rings (SSSR count). The van der Waals surface area contributed by atoms with E-state index in [1.54, 1.807) is 0 Å². The summed E-state index contributed by atoms with van der Waals surface area (Å²) in [6, 6.07) is 0. The maximum Gasteiger partial charge on any atom is 0.0580 e. The summed E-state index contributed by atoms with van der Waals surface area (Å²) in [5, 5.41) is 12.9. The van der Waals surface area contributed by atoms with E-state index in [1.165, 1.54) is 12.8 Å². The first-order valence-electron chi connectivity index (χ1n) is 5.09. The molecule has 0 aromatic carbocycles. The normalized spacial score (nSPS) is 30.0. The summed E-state index contributed by atoms with van der Waals surface area (Å²) in [6.07, 6.45) is 3.37. The molecule has 0 unspecified atom stereocenters. The molecule has 0 aromatic rings. The van der Waals surface area contributed by atoms with Gasteiger partial charge in [-0.15, -0.1) is 0 Å². The molecule has 0 heterocycles. The third kappa shape index (κ3) is 3.11. The Labute approximate surface area is 75.4 Å². The largest absolute Gasteiger partial charge is 0.393 e. The fourth-order valence-electron chi connectivity index (χ4n) is 1.81. The van der Waals surface area contributed by atoms with E-state index in [9.17, 15) is 5.11 Å². The first-order chi connectivity index (χ1) is 5.70. The number of aliphatic hydroxyl groups excluding tert-OH is 1. The van der Waals surface area contributed by atoms with E-state index >= 15 is 0 Å². The first-order valence-corrected chi connectivity index (χ1v) is 5.09. The SMILES string of the molecule is CC(C)CNC[C@H]1CCC[C@@H]1O. The van der Waals surface area contributed by atoms with Gasteiger partial charge in [-0.2, -0.15) is 0 Å². The summed E-state index contributed by atoms with van der Waals surface area (Å²) in [5.74, 6) is 1.23. The second kappa shape index (κ2) is 4.83. The van der Waals surface area contributed by atoms with Crippen LogP contribution in [0, 0.1) is 11.8 Å². The fourth-order valence-corrected chi connectivity index (χ4v) is 1.81. The van der Waals surface area contributed by atoms with E-state index in [2.05, 4.69) is 19.2 Å². The predicted octanol–water partition coefficient (Wildman–Crippen LogP) is 1.39. The van der Waals surface area contributed by atoms with E-state index in [-0.39, 0.29) is 6.10 Å². The minimum Gasteiger partial charge on any atom is -0.393 e. The molecule has 0 amide bonds. The van der Waals surface area contributed by atoms with Crippen molar-refractivity contribution in [3.63, 3.8) is 0 Å². The highest BCUT2D eigenvalue weighted by Gasteiger charge is 2.24. The van der Waals surface area contributed by atoms with Gasteiger partial charge >= 0.3 is 0 Å².